The van der Waals surface area contributed by atoms with Gasteiger partial charge in [0.05, 0.1) is 17.7 Å². The molecule has 1 aromatic heterocycles. The molecule has 0 saturated carbocycles. The quantitative estimate of drug-likeness (QED) is 0.881. The van der Waals surface area contributed by atoms with Crippen LogP contribution in [0.4, 0.5) is 0 Å². The molecule has 1 amide bonds. The molecule has 0 aliphatic heterocycles. The Morgan fingerprint density at radius 1 is 1.35 bits per heavy atom. The summed E-state index contributed by atoms with van der Waals surface area (Å²) in [5.41, 5.74) is 9.68. The third-order valence-electron chi connectivity index (χ3n) is 2.99. The second kappa shape index (κ2) is 6.11. The minimum Gasteiger partial charge on any atom is -0.389 e. The van der Waals surface area contributed by atoms with Crippen molar-refractivity contribution in [3.05, 3.63) is 51.5 Å². The van der Waals surface area contributed by atoms with Crippen LogP contribution in [-0.2, 0) is 6.54 Å². The number of rotatable bonds is 4. The van der Waals surface area contributed by atoms with Crippen LogP contribution in [0.25, 0.3) is 0 Å². The standard InChI is InChI=1S/C14H15N3OS2/c1-9-12(20-8-16-9)7-17(2)14(18)11-5-3-10(4-6-11)13(15)19/h3-6,8H,7H2,1-2H3,(H2,15,19). The van der Waals surface area contributed by atoms with Gasteiger partial charge in [-0.15, -0.1) is 11.3 Å². The summed E-state index contributed by atoms with van der Waals surface area (Å²) in [6.45, 7) is 2.51. The number of carbonyl (C=O) groups is 1. The number of nitrogens with two attached hydrogens (primary N) is 1. The normalized spacial score (nSPS) is 10.3. The van der Waals surface area contributed by atoms with Crippen LogP contribution in [0.1, 0.15) is 26.5 Å². The number of benzene rings is 1. The first-order chi connectivity index (χ1) is 9.49. The first-order valence-electron chi connectivity index (χ1n) is 6.03. The molecule has 0 aliphatic carbocycles. The Balaban J connectivity index is 2.10. The Bertz CT molecular complexity index is 634. The average Bonchev–Trinajstić information content (AvgIpc) is 2.83. The summed E-state index contributed by atoms with van der Waals surface area (Å²) in [7, 11) is 1.78. The van der Waals surface area contributed by atoms with E-state index in [1.54, 1.807) is 53.1 Å². The number of nitrogens with zero attached hydrogens (tertiary/aromatic N) is 2. The van der Waals surface area contributed by atoms with Gasteiger partial charge in [-0.1, -0.05) is 24.4 Å². The fraction of sp³-hybridized carbons (Fsp3) is 0.214. The predicted octanol–water partition coefficient (Wildman–Crippen LogP) is 2.36. The molecule has 0 fully saturated rings. The van der Waals surface area contributed by atoms with E-state index < -0.39 is 0 Å². The molecule has 0 unspecified atom stereocenters. The van der Waals surface area contributed by atoms with Crippen molar-refractivity contribution in [2.24, 2.45) is 5.73 Å². The average molecular weight is 305 g/mol. The number of hydrogen-bond acceptors (Lipinski definition) is 4. The molecule has 2 N–H and O–H groups in total. The highest BCUT2D eigenvalue weighted by Crippen LogP contribution is 2.16. The molecular weight excluding hydrogens is 290 g/mol. The van der Waals surface area contributed by atoms with Crippen molar-refractivity contribution in [1.29, 1.82) is 0 Å². The lowest BCUT2D eigenvalue weighted by molar-refractivity contribution is 0.0786. The lowest BCUT2D eigenvalue weighted by Crippen LogP contribution is -2.26. The number of thiazole rings is 1. The molecule has 0 atom stereocenters. The number of thiocarbonyl (C=S) groups is 1. The lowest BCUT2D eigenvalue weighted by atomic mass is 10.1. The van der Waals surface area contributed by atoms with Gasteiger partial charge < -0.3 is 10.6 Å². The smallest absolute Gasteiger partial charge is 0.253 e. The summed E-state index contributed by atoms with van der Waals surface area (Å²) in [5, 5.41) is 0. The number of carbonyl (C=O) groups excluding carboxylic acids is 1. The van der Waals surface area contributed by atoms with Gasteiger partial charge in [0.15, 0.2) is 0 Å². The Morgan fingerprint density at radius 2 is 1.95 bits per heavy atom. The maximum Gasteiger partial charge on any atom is 0.253 e. The summed E-state index contributed by atoms with van der Waals surface area (Å²) in [5.74, 6) is -0.0349. The molecule has 6 heteroatoms. The predicted molar refractivity (Wildman–Crippen MR) is 85.0 cm³/mol. The van der Waals surface area contributed by atoms with Crippen molar-refractivity contribution in [2.45, 2.75) is 13.5 Å². The molecule has 2 rings (SSSR count). The highest BCUT2D eigenvalue weighted by atomic mass is 32.1. The molecule has 4 nitrogen and oxygen atoms in total. The van der Waals surface area contributed by atoms with Crippen molar-refractivity contribution < 1.29 is 4.79 Å². The van der Waals surface area contributed by atoms with Crippen molar-refractivity contribution in [3.63, 3.8) is 0 Å². The number of aromatic nitrogens is 1. The van der Waals surface area contributed by atoms with Crippen molar-refractivity contribution >= 4 is 34.5 Å². The highest BCUT2D eigenvalue weighted by molar-refractivity contribution is 7.80. The molecule has 0 bridgehead atoms. The molecule has 0 aliphatic rings. The number of hydrogen-bond donors (Lipinski definition) is 1. The van der Waals surface area contributed by atoms with Crippen LogP contribution in [0.3, 0.4) is 0 Å². The fourth-order valence-electron chi connectivity index (χ4n) is 1.76. The zero-order chi connectivity index (χ0) is 14.7. The second-order valence-corrected chi connectivity index (χ2v) is 5.84. The van der Waals surface area contributed by atoms with Gasteiger partial charge in [0.1, 0.15) is 4.99 Å². The Kier molecular flexibility index (Phi) is 4.46. The van der Waals surface area contributed by atoms with Gasteiger partial charge in [-0.3, -0.25) is 4.79 Å². The number of amides is 1. The van der Waals surface area contributed by atoms with Crippen LogP contribution in [0, 0.1) is 6.92 Å². The van der Waals surface area contributed by atoms with Gasteiger partial charge in [0.2, 0.25) is 0 Å². The highest BCUT2D eigenvalue weighted by Gasteiger charge is 2.14. The topological polar surface area (TPSA) is 59.2 Å². The third-order valence-corrected chi connectivity index (χ3v) is 4.14. The zero-order valence-corrected chi connectivity index (χ0v) is 12.9. The molecule has 20 heavy (non-hydrogen) atoms. The van der Waals surface area contributed by atoms with E-state index in [1.165, 1.54) is 0 Å². The van der Waals surface area contributed by atoms with Crippen molar-refractivity contribution in [2.75, 3.05) is 7.05 Å². The van der Waals surface area contributed by atoms with Gasteiger partial charge in [-0.05, 0) is 19.1 Å². The van der Waals surface area contributed by atoms with Crippen LogP contribution in [0.2, 0.25) is 0 Å². The van der Waals surface area contributed by atoms with Gasteiger partial charge in [0.25, 0.3) is 5.91 Å². The van der Waals surface area contributed by atoms with Gasteiger partial charge in [-0.25, -0.2) is 4.98 Å². The van der Waals surface area contributed by atoms with Gasteiger partial charge in [0, 0.05) is 23.1 Å². The van der Waals surface area contributed by atoms with Crippen LogP contribution >= 0.6 is 23.6 Å². The van der Waals surface area contributed by atoms with E-state index in [0.717, 1.165) is 16.1 Å². The zero-order valence-electron chi connectivity index (χ0n) is 11.3. The van der Waals surface area contributed by atoms with Gasteiger partial charge in [-0.2, -0.15) is 0 Å². The summed E-state index contributed by atoms with van der Waals surface area (Å²) in [4.78, 5) is 19.6. The minimum absolute atomic E-state index is 0.0349. The van der Waals surface area contributed by atoms with Crippen LogP contribution in [0.15, 0.2) is 29.8 Å². The first-order valence-corrected chi connectivity index (χ1v) is 7.32. The second-order valence-electron chi connectivity index (χ2n) is 4.46. The van der Waals surface area contributed by atoms with Crippen LogP contribution < -0.4 is 5.73 Å². The fourth-order valence-corrected chi connectivity index (χ4v) is 2.73. The molecule has 0 spiro atoms. The molecular formula is C14H15N3OS2. The molecule has 104 valence electrons. The Hall–Kier alpha value is -1.79. The molecule has 1 aromatic carbocycles. The van der Waals surface area contributed by atoms with E-state index in [2.05, 4.69) is 4.98 Å². The van der Waals surface area contributed by atoms with E-state index in [1.807, 2.05) is 6.92 Å². The molecule has 1 heterocycles. The Labute approximate surface area is 127 Å². The first kappa shape index (κ1) is 14.6. The maximum absolute atomic E-state index is 12.3. The summed E-state index contributed by atoms with van der Waals surface area (Å²) in [6, 6.07) is 7.02. The maximum atomic E-state index is 12.3. The third kappa shape index (κ3) is 3.20. The number of aryl methyl sites for hydroxylation is 1. The minimum atomic E-state index is -0.0349. The van der Waals surface area contributed by atoms with E-state index in [4.69, 9.17) is 18.0 Å². The SMILES string of the molecule is Cc1ncsc1CN(C)C(=O)c1ccc(C(N)=S)cc1. The Morgan fingerprint density at radius 3 is 2.45 bits per heavy atom. The van der Waals surface area contributed by atoms with E-state index in [9.17, 15) is 4.79 Å². The molecule has 2 aromatic rings. The van der Waals surface area contributed by atoms with E-state index in [-0.39, 0.29) is 5.91 Å². The van der Waals surface area contributed by atoms with Gasteiger partial charge >= 0.3 is 0 Å². The largest absolute Gasteiger partial charge is 0.389 e. The molecule has 0 saturated heterocycles. The van der Waals surface area contributed by atoms with E-state index in [0.29, 0.717) is 17.1 Å². The summed E-state index contributed by atoms with van der Waals surface area (Å²) < 4.78 is 0. The lowest BCUT2D eigenvalue weighted by Gasteiger charge is -2.16. The van der Waals surface area contributed by atoms with Crippen molar-refractivity contribution in [3.8, 4) is 0 Å². The van der Waals surface area contributed by atoms with Crippen LogP contribution in [-0.4, -0.2) is 27.8 Å². The van der Waals surface area contributed by atoms with Crippen molar-refractivity contribution in [1.82, 2.24) is 9.88 Å². The van der Waals surface area contributed by atoms with E-state index >= 15 is 0 Å². The van der Waals surface area contributed by atoms with Crippen LogP contribution in [0.5, 0.6) is 0 Å². The molecule has 0 radical (unpaired) electrons. The summed E-state index contributed by atoms with van der Waals surface area (Å²) in [6.07, 6.45) is 0. The summed E-state index contributed by atoms with van der Waals surface area (Å²) >= 11 is 6.45. The monoisotopic (exact) mass is 305 g/mol.